The van der Waals surface area contributed by atoms with Crippen molar-refractivity contribution in [3.63, 3.8) is 0 Å². The van der Waals surface area contributed by atoms with Gasteiger partial charge in [0.15, 0.2) is 0 Å². The molecule has 31 heavy (non-hydrogen) atoms. The lowest BCUT2D eigenvalue weighted by Gasteiger charge is -2.46. The molecule has 0 unspecified atom stereocenters. The highest BCUT2D eigenvalue weighted by Crippen LogP contribution is 2.48. The summed E-state index contributed by atoms with van der Waals surface area (Å²) in [6.45, 7) is 5.15. The zero-order valence-corrected chi connectivity index (χ0v) is 17.9. The number of nitrogens with two attached hydrogens (primary N) is 1. The molecule has 2 aromatic rings. The monoisotopic (exact) mass is 457 g/mol. The van der Waals surface area contributed by atoms with Crippen molar-refractivity contribution in [1.82, 2.24) is 4.98 Å². The van der Waals surface area contributed by atoms with E-state index in [1.165, 1.54) is 0 Å². The van der Waals surface area contributed by atoms with Gasteiger partial charge in [-0.25, -0.2) is 14.6 Å². The number of fused-ring (bicyclic) bond motifs is 1. The Morgan fingerprint density at radius 2 is 2.06 bits per heavy atom. The topological polar surface area (TPSA) is 106 Å². The molecule has 0 fully saturated rings. The number of anilines is 1. The fourth-order valence-corrected chi connectivity index (χ4v) is 4.86. The fraction of sp³-hybridized carbons (Fsp3) is 0.450. The first-order valence-corrected chi connectivity index (χ1v) is 10.4. The van der Waals surface area contributed by atoms with Gasteiger partial charge in [-0.15, -0.1) is 11.3 Å². The molecular weight excluding hydrogens is 435 g/mol. The van der Waals surface area contributed by atoms with Crippen LogP contribution in [-0.4, -0.2) is 34.4 Å². The predicted octanol–water partition coefficient (Wildman–Crippen LogP) is 4.73. The van der Waals surface area contributed by atoms with Gasteiger partial charge in [-0.05, 0) is 50.5 Å². The molecule has 2 heterocycles. The van der Waals surface area contributed by atoms with Crippen LogP contribution < -0.4 is 10.6 Å². The third-order valence-corrected chi connectivity index (χ3v) is 6.60. The Balaban J connectivity index is 2.21. The van der Waals surface area contributed by atoms with Crippen LogP contribution in [0, 0.1) is 6.92 Å². The van der Waals surface area contributed by atoms with Crippen molar-refractivity contribution in [2.75, 3.05) is 11.5 Å². The van der Waals surface area contributed by atoms with Crippen molar-refractivity contribution in [3.8, 4) is 0 Å². The average molecular weight is 457 g/mol. The maximum Gasteiger partial charge on any atom is 0.416 e. The fourth-order valence-electron chi connectivity index (χ4n) is 3.78. The molecule has 1 aliphatic heterocycles. The molecule has 0 spiro atoms. The first kappa shape index (κ1) is 23.0. The molecule has 1 aromatic heterocycles. The van der Waals surface area contributed by atoms with Gasteiger partial charge in [0.25, 0.3) is 0 Å². The van der Waals surface area contributed by atoms with Crippen molar-refractivity contribution < 1.29 is 32.6 Å². The molecule has 11 heteroatoms. The van der Waals surface area contributed by atoms with Crippen LogP contribution in [0.5, 0.6) is 0 Å². The van der Waals surface area contributed by atoms with Gasteiger partial charge >= 0.3 is 18.2 Å². The van der Waals surface area contributed by atoms with E-state index in [0.717, 1.165) is 34.4 Å². The number of rotatable bonds is 4. The molecular formula is C20H22F3N3O4S. The van der Waals surface area contributed by atoms with Crippen LogP contribution in [0.15, 0.2) is 18.2 Å². The van der Waals surface area contributed by atoms with Gasteiger partial charge in [-0.2, -0.15) is 13.2 Å². The number of hydrogen-bond acceptors (Lipinski definition) is 6. The van der Waals surface area contributed by atoms with E-state index in [1.54, 1.807) is 20.8 Å². The number of thiazole rings is 1. The van der Waals surface area contributed by atoms with Gasteiger partial charge in [0.2, 0.25) is 0 Å². The number of alkyl halides is 3. The molecule has 0 aliphatic carbocycles. The summed E-state index contributed by atoms with van der Waals surface area (Å²) in [5.74, 6) is -1.28. The summed E-state index contributed by atoms with van der Waals surface area (Å²) >= 11 is 1.02. The number of carboxylic acid groups (broad SMARTS) is 1. The number of aromatic nitrogens is 1. The summed E-state index contributed by atoms with van der Waals surface area (Å²) in [5.41, 5.74) is 4.79. The Morgan fingerprint density at radius 3 is 2.61 bits per heavy atom. The number of hydrogen-bond donors (Lipinski definition) is 2. The van der Waals surface area contributed by atoms with Crippen molar-refractivity contribution in [2.45, 2.75) is 51.4 Å². The van der Waals surface area contributed by atoms with Crippen molar-refractivity contribution >= 4 is 29.1 Å². The van der Waals surface area contributed by atoms with Gasteiger partial charge in [0, 0.05) is 5.92 Å². The Kier molecular flexibility index (Phi) is 6.03. The highest BCUT2D eigenvalue weighted by Gasteiger charge is 2.46. The lowest BCUT2D eigenvalue weighted by Crippen LogP contribution is -2.61. The van der Waals surface area contributed by atoms with Crippen LogP contribution in [0.2, 0.25) is 0 Å². The SMILES string of the molecule is CCOC(=O)c1sc([C@H]2C[C@@](N)(CC)N(C(=O)O)c3ccc(C(F)(F)F)cc32)nc1C. The summed E-state index contributed by atoms with van der Waals surface area (Å²) in [6.07, 6.45) is -5.72. The van der Waals surface area contributed by atoms with Crippen LogP contribution in [0.4, 0.5) is 23.7 Å². The molecule has 1 aromatic carbocycles. The maximum absolute atomic E-state index is 13.4. The van der Waals surface area contributed by atoms with Crippen LogP contribution in [0.1, 0.15) is 64.1 Å². The molecule has 3 rings (SSSR count). The zero-order chi connectivity index (χ0) is 23.1. The van der Waals surface area contributed by atoms with Gasteiger partial charge < -0.3 is 15.6 Å². The van der Waals surface area contributed by atoms with E-state index in [1.807, 2.05) is 0 Å². The normalized spacial score (nSPS) is 21.0. The van der Waals surface area contributed by atoms with Gasteiger partial charge in [-0.1, -0.05) is 6.92 Å². The number of nitrogens with zero attached hydrogens (tertiary/aromatic N) is 2. The number of carbonyl (C=O) groups excluding carboxylic acids is 1. The molecule has 1 aliphatic rings. The number of aryl methyl sites for hydroxylation is 1. The second-order valence-electron chi connectivity index (χ2n) is 7.29. The first-order chi connectivity index (χ1) is 14.4. The standard InChI is InChI=1S/C20H22F3N3O4S/c1-4-19(24)9-13(16-25-10(3)15(31-16)17(27)30-5-2)12-8-11(20(21,22)23)6-7-14(12)26(19)18(28)29/h6-8,13H,4-5,9,24H2,1-3H3,(H,28,29)/t13-,19+/m0/s1. The van der Waals surface area contributed by atoms with Crippen LogP contribution in [0.3, 0.4) is 0 Å². The third-order valence-electron chi connectivity index (χ3n) is 5.35. The van der Waals surface area contributed by atoms with Gasteiger partial charge in [0.1, 0.15) is 15.5 Å². The number of amides is 1. The highest BCUT2D eigenvalue weighted by molar-refractivity contribution is 7.13. The van der Waals surface area contributed by atoms with Gasteiger partial charge in [-0.3, -0.25) is 4.90 Å². The number of esters is 1. The molecule has 3 N–H and O–H groups in total. The molecule has 0 saturated carbocycles. The van der Waals surface area contributed by atoms with Crippen LogP contribution >= 0.6 is 11.3 Å². The van der Waals surface area contributed by atoms with Crippen LogP contribution in [0.25, 0.3) is 0 Å². The summed E-state index contributed by atoms with van der Waals surface area (Å²) in [5, 5.41) is 10.2. The first-order valence-electron chi connectivity index (χ1n) is 9.60. The summed E-state index contributed by atoms with van der Waals surface area (Å²) in [4.78, 5) is 29.8. The van der Waals surface area contributed by atoms with Crippen LogP contribution in [-0.2, 0) is 10.9 Å². The van der Waals surface area contributed by atoms with Crippen molar-refractivity contribution in [1.29, 1.82) is 0 Å². The van der Waals surface area contributed by atoms with E-state index in [4.69, 9.17) is 10.5 Å². The third kappa shape index (κ3) is 4.11. The highest BCUT2D eigenvalue weighted by atomic mass is 32.1. The average Bonchev–Trinajstić information content (AvgIpc) is 3.07. The lowest BCUT2D eigenvalue weighted by molar-refractivity contribution is -0.137. The minimum Gasteiger partial charge on any atom is -0.465 e. The van der Waals surface area contributed by atoms with E-state index in [2.05, 4.69) is 4.98 Å². The lowest BCUT2D eigenvalue weighted by atomic mass is 9.80. The summed E-state index contributed by atoms with van der Waals surface area (Å²) in [7, 11) is 0. The van der Waals surface area contributed by atoms with Gasteiger partial charge in [0.05, 0.1) is 23.6 Å². The van der Waals surface area contributed by atoms with E-state index in [9.17, 15) is 27.9 Å². The zero-order valence-electron chi connectivity index (χ0n) is 17.1. The van der Waals surface area contributed by atoms with Crippen molar-refractivity contribution in [3.05, 3.63) is 44.9 Å². The molecule has 7 nitrogen and oxygen atoms in total. The Bertz CT molecular complexity index is 1020. The molecule has 2 atom stereocenters. The number of benzene rings is 1. The maximum atomic E-state index is 13.4. The molecule has 0 saturated heterocycles. The second-order valence-corrected chi connectivity index (χ2v) is 8.32. The molecule has 168 valence electrons. The Hall–Kier alpha value is -2.66. The van der Waals surface area contributed by atoms with E-state index < -0.39 is 35.4 Å². The number of ether oxygens (including phenoxy) is 1. The number of carbonyl (C=O) groups is 2. The molecule has 0 bridgehead atoms. The van der Waals surface area contributed by atoms with Crippen molar-refractivity contribution in [2.24, 2.45) is 5.73 Å². The predicted molar refractivity (Wildman–Crippen MR) is 108 cm³/mol. The number of halogens is 3. The quantitative estimate of drug-likeness (QED) is 0.643. The minimum atomic E-state index is -4.61. The summed E-state index contributed by atoms with van der Waals surface area (Å²) in [6, 6.07) is 2.90. The van der Waals surface area contributed by atoms with E-state index in [0.29, 0.717) is 10.7 Å². The largest absolute Gasteiger partial charge is 0.465 e. The Labute approximate surface area is 180 Å². The molecule has 0 radical (unpaired) electrons. The minimum absolute atomic E-state index is 0.0132. The van der Waals surface area contributed by atoms with E-state index in [-0.39, 0.29) is 35.6 Å². The Morgan fingerprint density at radius 1 is 1.39 bits per heavy atom. The summed E-state index contributed by atoms with van der Waals surface area (Å²) < 4.78 is 45.2. The molecule has 1 amide bonds. The second kappa shape index (κ2) is 8.12. The smallest absolute Gasteiger partial charge is 0.416 e. The van der Waals surface area contributed by atoms with E-state index >= 15 is 0 Å².